The summed E-state index contributed by atoms with van der Waals surface area (Å²) >= 11 is 0. The van der Waals surface area contributed by atoms with Gasteiger partial charge in [0.25, 0.3) is 11.2 Å². The number of phenolic OH excluding ortho intramolecular Hbond substituents is 2. The lowest BCUT2D eigenvalue weighted by atomic mass is 9.72. The number of aliphatic hydroxyl groups is 2. The van der Waals surface area contributed by atoms with Crippen LogP contribution in [0.25, 0.3) is 0 Å². The molecular weight excluding hydrogens is 652 g/mol. The number of phenols is 2. The maximum Gasteiger partial charge on any atom is 0.430 e. The lowest BCUT2D eigenvalue weighted by Crippen LogP contribution is -2.54. The fraction of sp³-hybridized carbons (Fsp3) is 0.400. The van der Waals surface area contributed by atoms with Crippen molar-refractivity contribution in [2.75, 3.05) is 0 Å². The minimum atomic E-state index is -6.30. The van der Waals surface area contributed by atoms with Crippen molar-refractivity contribution in [3.05, 3.63) is 94.0 Å². The molecule has 0 bridgehead atoms. The first-order chi connectivity index (χ1) is 20.5. The standard InChI is InChI=1S/C30H26F12O4/c1-23(2,17-8-10-21(43)19(13-17)25(45,27(31,32)33)28(34,35)36)15-6-5-7-16(12-15)24(3,4)18-9-11-22(44)20(14-18)26(46,29(37,38)39)30(40,41)42/h5-14,43-46H,1-4H3. The Morgan fingerprint density at radius 2 is 0.674 bits per heavy atom. The Morgan fingerprint density at radius 1 is 0.413 bits per heavy atom. The number of benzene rings is 3. The molecular formula is C30H26F12O4. The van der Waals surface area contributed by atoms with Gasteiger partial charge in [0.2, 0.25) is 0 Å². The van der Waals surface area contributed by atoms with Crippen LogP contribution in [0, 0.1) is 0 Å². The van der Waals surface area contributed by atoms with Gasteiger partial charge in [-0.15, -0.1) is 0 Å². The number of rotatable bonds is 6. The molecule has 4 N–H and O–H groups in total. The molecule has 254 valence electrons. The molecule has 46 heavy (non-hydrogen) atoms. The average molecular weight is 679 g/mol. The molecule has 0 aromatic heterocycles. The molecule has 0 unspecified atom stereocenters. The lowest BCUT2D eigenvalue weighted by Gasteiger charge is -2.35. The zero-order valence-electron chi connectivity index (χ0n) is 24.1. The van der Waals surface area contributed by atoms with Crippen molar-refractivity contribution < 1.29 is 73.1 Å². The zero-order chi connectivity index (χ0) is 35.7. The molecule has 0 fully saturated rings. The Bertz CT molecular complexity index is 1460. The van der Waals surface area contributed by atoms with E-state index in [1.165, 1.54) is 52.0 Å². The van der Waals surface area contributed by atoms with Gasteiger partial charge in [-0.25, -0.2) is 0 Å². The van der Waals surface area contributed by atoms with Gasteiger partial charge in [-0.3, -0.25) is 0 Å². The molecule has 3 rings (SSSR count). The van der Waals surface area contributed by atoms with Crippen molar-refractivity contribution in [1.82, 2.24) is 0 Å². The second-order valence-corrected chi connectivity index (χ2v) is 11.7. The van der Waals surface area contributed by atoms with Gasteiger partial charge >= 0.3 is 24.7 Å². The number of halogens is 12. The van der Waals surface area contributed by atoms with Crippen LogP contribution in [0.1, 0.15) is 61.1 Å². The minimum absolute atomic E-state index is 0.179. The number of hydrogen-bond donors (Lipinski definition) is 4. The predicted octanol–water partition coefficient (Wildman–Crippen LogP) is 8.37. The Labute approximate surface area is 253 Å². The highest BCUT2D eigenvalue weighted by atomic mass is 19.4. The molecule has 0 radical (unpaired) electrons. The predicted molar refractivity (Wildman–Crippen MR) is 139 cm³/mol. The van der Waals surface area contributed by atoms with Crippen molar-refractivity contribution in [3.63, 3.8) is 0 Å². The third-order valence-electron chi connectivity index (χ3n) is 8.16. The molecule has 0 atom stereocenters. The Kier molecular flexibility index (Phi) is 8.77. The van der Waals surface area contributed by atoms with E-state index < -0.39 is 69.4 Å². The van der Waals surface area contributed by atoms with Crippen molar-refractivity contribution in [3.8, 4) is 11.5 Å². The van der Waals surface area contributed by atoms with E-state index in [1.54, 1.807) is 0 Å². The van der Waals surface area contributed by atoms with Gasteiger partial charge in [0, 0.05) is 22.0 Å². The maximum absolute atomic E-state index is 13.6. The van der Waals surface area contributed by atoms with E-state index in [2.05, 4.69) is 0 Å². The minimum Gasteiger partial charge on any atom is -0.508 e. The highest BCUT2D eigenvalue weighted by molar-refractivity contribution is 5.51. The van der Waals surface area contributed by atoms with Gasteiger partial charge in [-0.05, 0) is 46.5 Å². The molecule has 0 saturated heterocycles. The zero-order valence-corrected chi connectivity index (χ0v) is 24.1. The first-order valence-corrected chi connectivity index (χ1v) is 13.0. The van der Waals surface area contributed by atoms with E-state index in [1.807, 2.05) is 0 Å². The third kappa shape index (κ3) is 5.73. The van der Waals surface area contributed by atoms with Crippen LogP contribution in [0.3, 0.4) is 0 Å². The number of aromatic hydroxyl groups is 2. The van der Waals surface area contributed by atoms with Gasteiger partial charge < -0.3 is 20.4 Å². The first-order valence-electron chi connectivity index (χ1n) is 13.0. The highest BCUT2D eigenvalue weighted by Gasteiger charge is 2.73. The van der Waals surface area contributed by atoms with Gasteiger partial charge in [-0.1, -0.05) is 64.1 Å². The van der Waals surface area contributed by atoms with E-state index in [0.29, 0.717) is 24.3 Å². The summed E-state index contributed by atoms with van der Waals surface area (Å²) in [4.78, 5) is 0. The third-order valence-corrected chi connectivity index (χ3v) is 8.16. The normalized spacial score (nSPS) is 14.5. The van der Waals surface area contributed by atoms with E-state index in [0.717, 1.165) is 12.1 Å². The fourth-order valence-corrected chi connectivity index (χ4v) is 4.99. The Hall–Kier alpha value is -3.66. The molecule has 0 aliphatic rings. The molecule has 16 heteroatoms. The maximum atomic E-state index is 13.6. The summed E-state index contributed by atoms with van der Waals surface area (Å²) in [6.45, 7) is 5.45. The first kappa shape index (κ1) is 36.8. The molecule has 0 aliphatic heterocycles. The lowest BCUT2D eigenvalue weighted by molar-refractivity contribution is -0.377. The van der Waals surface area contributed by atoms with Crippen LogP contribution < -0.4 is 0 Å². The largest absolute Gasteiger partial charge is 0.508 e. The molecule has 0 spiro atoms. The van der Waals surface area contributed by atoms with E-state index in [-0.39, 0.29) is 22.3 Å². The van der Waals surface area contributed by atoms with Crippen molar-refractivity contribution in [1.29, 1.82) is 0 Å². The number of alkyl halides is 12. The summed E-state index contributed by atoms with van der Waals surface area (Å²) in [6.07, 6.45) is -25.2. The SMILES string of the molecule is CC(C)(c1cccc(C(C)(C)c2ccc(O)c(C(O)(C(F)(F)F)C(F)(F)F)c2)c1)c1ccc(O)c(C(O)(C(F)(F)F)C(F)(F)F)c1. The second kappa shape index (κ2) is 11.0. The van der Waals surface area contributed by atoms with Crippen LogP contribution in [0.5, 0.6) is 11.5 Å². The fourth-order valence-electron chi connectivity index (χ4n) is 4.99. The van der Waals surface area contributed by atoms with E-state index >= 15 is 0 Å². The van der Waals surface area contributed by atoms with Crippen LogP contribution in [0.15, 0.2) is 60.7 Å². The highest BCUT2D eigenvalue weighted by Crippen LogP contribution is 2.54. The molecule has 3 aromatic rings. The molecule has 0 aliphatic carbocycles. The van der Waals surface area contributed by atoms with Gasteiger partial charge in [-0.2, -0.15) is 52.7 Å². The monoisotopic (exact) mass is 678 g/mol. The van der Waals surface area contributed by atoms with Crippen molar-refractivity contribution >= 4 is 0 Å². The van der Waals surface area contributed by atoms with Gasteiger partial charge in [0.15, 0.2) is 0 Å². The summed E-state index contributed by atoms with van der Waals surface area (Å²) in [5, 5.41) is 39.7. The molecule has 4 nitrogen and oxygen atoms in total. The summed E-state index contributed by atoms with van der Waals surface area (Å²) in [5.41, 5.74) is -17.8. The Balaban J connectivity index is 2.20. The molecule has 3 aromatic carbocycles. The molecule has 0 saturated carbocycles. The van der Waals surface area contributed by atoms with Crippen LogP contribution in [-0.4, -0.2) is 45.1 Å². The van der Waals surface area contributed by atoms with Crippen molar-refractivity contribution in [2.24, 2.45) is 0 Å². The van der Waals surface area contributed by atoms with E-state index in [4.69, 9.17) is 0 Å². The smallest absolute Gasteiger partial charge is 0.430 e. The second-order valence-electron chi connectivity index (χ2n) is 11.7. The molecule has 0 amide bonds. The van der Waals surface area contributed by atoms with E-state index in [9.17, 15) is 73.1 Å². The Morgan fingerprint density at radius 3 is 0.935 bits per heavy atom. The molecule has 0 heterocycles. The average Bonchev–Trinajstić information content (AvgIpc) is 2.90. The van der Waals surface area contributed by atoms with Crippen LogP contribution in [-0.2, 0) is 22.0 Å². The summed E-state index contributed by atoms with van der Waals surface area (Å²) < 4.78 is 163. The van der Waals surface area contributed by atoms with Crippen LogP contribution in [0.4, 0.5) is 52.7 Å². The van der Waals surface area contributed by atoms with Crippen LogP contribution >= 0.6 is 0 Å². The summed E-state index contributed by atoms with van der Waals surface area (Å²) in [7, 11) is 0. The summed E-state index contributed by atoms with van der Waals surface area (Å²) in [6, 6.07) is 9.21. The van der Waals surface area contributed by atoms with Crippen molar-refractivity contribution in [2.45, 2.75) is 74.4 Å². The van der Waals surface area contributed by atoms with Gasteiger partial charge in [0.05, 0.1) is 0 Å². The number of hydrogen-bond acceptors (Lipinski definition) is 4. The van der Waals surface area contributed by atoms with Crippen LogP contribution in [0.2, 0.25) is 0 Å². The quantitative estimate of drug-likeness (QED) is 0.198. The van der Waals surface area contributed by atoms with Gasteiger partial charge in [0.1, 0.15) is 11.5 Å². The topological polar surface area (TPSA) is 80.9 Å². The summed E-state index contributed by atoms with van der Waals surface area (Å²) in [5.74, 6) is -3.01.